The molecule has 0 aliphatic rings. The zero-order valence-corrected chi connectivity index (χ0v) is 12.5. The Morgan fingerprint density at radius 1 is 1.17 bits per heavy atom. The van der Waals surface area contributed by atoms with Crippen LogP contribution in [-0.2, 0) is 6.42 Å². The van der Waals surface area contributed by atoms with Gasteiger partial charge in [0.2, 0.25) is 0 Å². The van der Waals surface area contributed by atoms with Crippen molar-refractivity contribution in [1.82, 2.24) is 5.32 Å². The average Bonchev–Trinajstić information content (AvgIpc) is 2.32. The molecule has 0 saturated heterocycles. The van der Waals surface area contributed by atoms with Crippen LogP contribution >= 0.6 is 0 Å². The van der Waals surface area contributed by atoms with Crippen molar-refractivity contribution in [1.29, 1.82) is 0 Å². The first-order chi connectivity index (χ1) is 8.54. The van der Waals surface area contributed by atoms with Crippen molar-refractivity contribution in [2.75, 3.05) is 20.2 Å². The summed E-state index contributed by atoms with van der Waals surface area (Å²) in [7, 11) is 1.73. The lowest BCUT2D eigenvalue weighted by Crippen LogP contribution is -2.21. The lowest BCUT2D eigenvalue weighted by Gasteiger charge is -2.12. The van der Waals surface area contributed by atoms with Gasteiger partial charge in [0.05, 0.1) is 7.11 Å². The van der Waals surface area contributed by atoms with Gasteiger partial charge < -0.3 is 10.1 Å². The second kappa shape index (κ2) is 7.42. The zero-order valence-electron chi connectivity index (χ0n) is 12.5. The number of methoxy groups -OCH3 is 1. The van der Waals surface area contributed by atoms with Crippen LogP contribution in [0.5, 0.6) is 5.75 Å². The predicted octanol–water partition coefficient (Wildman–Crippen LogP) is 3.49. The van der Waals surface area contributed by atoms with Gasteiger partial charge >= 0.3 is 0 Å². The van der Waals surface area contributed by atoms with Crippen LogP contribution in [0.4, 0.5) is 0 Å². The molecule has 1 rings (SSSR count). The molecule has 0 heterocycles. The van der Waals surface area contributed by atoms with Gasteiger partial charge in [0.15, 0.2) is 0 Å². The van der Waals surface area contributed by atoms with E-state index in [1.807, 2.05) is 0 Å². The normalized spacial score (nSPS) is 11.0. The standard InChI is InChI=1S/C16H27NO/c1-12(2)11-17-8-6-7-15-9-14(4)16(18-5)10-13(15)3/h9-10,12,17H,6-8,11H2,1-5H3. The van der Waals surface area contributed by atoms with E-state index in [1.54, 1.807) is 7.11 Å². The molecular weight excluding hydrogens is 222 g/mol. The largest absolute Gasteiger partial charge is 0.496 e. The van der Waals surface area contributed by atoms with E-state index in [4.69, 9.17) is 4.74 Å². The second-order valence-electron chi connectivity index (χ2n) is 5.45. The van der Waals surface area contributed by atoms with E-state index < -0.39 is 0 Å². The molecular formula is C16H27NO. The number of hydrogen-bond donors (Lipinski definition) is 1. The summed E-state index contributed by atoms with van der Waals surface area (Å²) in [6.45, 7) is 11.0. The fourth-order valence-electron chi connectivity index (χ4n) is 2.13. The molecule has 0 fully saturated rings. The Labute approximate surface area is 112 Å². The van der Waals surface area contributed by atoms with Crippen molar-refractivity contribution in [3.63, 3.8) is 0 Å². The molecule has 1 aromatic rings. The number of ether oxygens (including phenoxy) is 1. The second-order valence-corrected chi connectivity index (χ2v) is 5.45. The molecule has 0 aliphatic carbocycles. The first-order valence-corrected chi connectivity index (χ1v) is 6.89. The van der Waals surface area contributed by atoms with Crippen molar-refractivity contribution in [3.05, 3.63) is 28.8 Å². The first-order valence-electron chi connectivity index (χ1n) is 6.89. The van der Waals surface area contributed by atoms with Crippen LogP contribution < -0.4 is 10.1 Å². The zero-order chi connectivity index (χ0) is 13.5. The maximum Gasteiger partial charge on any atom is 0.122 e. The summed E-state index contributed by atoms with van der Waals surface area (Å²) in [5.74, 6) is 1.73. The van der Waals surface area contributed by atoms with Gasteiger partial charge in [-0.2, -0.15) is 0 Å². The molecule has 0 aromatic heterocycles. The fourth-order valence-corrected chi connectivity index (χ4v) is 2.13. The van der Waals surface area contributed by atoms with Gasteiger partial charge in [-0.25, -0.2) is 0 Å². The van der Waals surface area contributed by atoms with E-state index in [9.17, 15) is 0 Å². The van der Waals surface area contributed by atoms with E-state index >= 15 is 0 Å². The van der Waals surface area contributed by atoms with Crippen LogP contribution in [0.2, 0.25) is 0 Å². The van der Waals surface area contributed by atoms with Crippen molar-refractivity contribution < 1.29 is 4.74 Å². The van der Waals surface area contributed by atoms with Gasteiger partial charge in [0, 0.05) is 0 Å². The summed E-state index contributed by atoms with van der Waals surface area (Å²) in [5, 5.41) is 3.49. The average molecular weight is 249 g/mol. The van der Waals surface area contributed by atoms with E-state index in [-0.39, 0.29) is 0 Å². The monoisotopic (exact) mass is 249 g/mol. The molecule has 0 radical (unpaired) electrons. The summed E-state index contributed by atoms with van der Waals surface area (Å²) < 4.78 is 5.34. The number of hydrogen-bond acceptors (Lipinski definition) is 2. The van der Waals surface area contributed by atoms with E-state index in [0.29, 0.717) is 0 Å². The predicted molar refractivity (Wildman–Crippen MR) is 78.5 cm³/mol. The Balaban J connectivity index is 2.45. The Hall–Kier alpha value is -1.02. The highest BCUT2D eigenvalue weighted by Crippen LogP contribution is 2.23. The van der Waals surface area contributed by atoms with Crippen LogP contribution in [0.15, 0.2) is 12.1 Å². The van der Waals surface area contributed by atoms with Gasteiger partial charge in [-0.15, -0.1) is 0 Å². The van der Waals surface area contributed by atoms with E-state index in [0.717, 1.165) is 31.2 Å². The SMILES string of the molecule is COc1cc(C)c(CCCNCC(C)C)cc1C. The number of aryl methyl sites for hydroxylation is 3. The molecule has 1 N–H and O–H groups in total. The number of rotatable bonds is 7. The summed E-state index contributed by atoms with van der Waals surface area (Å²) in [5.41, 5.74) is 4.01. The van der Waals surface area contributed by atoms with Crippen molar-refractivity contribution in [2.45, 2.75) is 40.5 Å². The minimum absolute atomic E-state index is 0.731. The Kier molecular flexibility index (Phi) is 6.20. The summed E-state index contributed by atoms with van der Waals surface area (Å²) in [6.07, 6.45) is 2.33. The molecule has 0 bridgehead atoms. The Morgan fingerprint density at radius 3 is 2.50 bits per heavy atom. The number of nitrogens with one attached hydrogen (secondary N) is 1. The van der Waals surface area contributed by atoms with Gasteiger partial charge in [-0.1, -0.05) is 19.9 Å². The highest BCUT2D eigenvalue weighted by Gasteiger charge is 2.04. The van der Waals surface area contributed by atoms with Crippen molar-refractivity contribution in [3.8, 4) is 5.75 Å². The lowest BCUT2D eigenvalue weighted by atomic mass is 10.0. The Bertz CT molecular complexity index is 372. The third-order valence-corrected chi connectivity index (χ3v) is 3.21. The highest BCUT2D eigenvalue weighted by molar-refractivity contribution is 5.41. The molecule has 1 aromatic carbocycles. The molecule has 0 saturated carbocycles. The first kappa shape index (κ1) is 15.0. The summed E-state index contributed by atoms with van der Waals surface area (Å²) >= 11 is 0. The molecule has 18 heavy (non-hydrogen) atoms. The van der Waals surface area contributed by atoms with Crippen LogP contribution in [0.3, 0.4) is 0 Å². The molecule has 102 valence electrons. The summed E-state index contributed by atoms with van der Waals surface area (Å²) in [4.78, 5) is 0. The third kappa shape index (κ3) is 4.69. The Morgan fingerprint density at radius 2 is 1.89 bits per heavy atom. The minimum Gasteiger partial charge on any atom is -0.496 e. The smallest absolute Gasteiger partial charge is 0.122 e. The maximum atomic E-state index is 5.34. The molecule has 0 aliphatic heterocycles. The number of benzene rings is 1. The molecule has 0 spiro atoms. The maximum absolute atomic E-state index is 5.34. The fraction of sp³-hybridized carbons (Fsp3) is 0.625. The van der Waals surface area contributed by atoms with Gasteiger partial charge in [0.25, 0.3) is 0 Å². The van der Waals surface area contributed by atoms with Crippen LogP contribution in [0, 0.1) is 19.8 Å². The quantitative estimate of drug-likeness (QED) is 0.747. The van der Waals surface area contributed by atoms with Gasteiger partial charge in [-0.3, -0.25) is 0 Å². The molecule has 0 amide bonds. The van der Waals surface area contributed by atoms with Gasteiger partial charge in [-0.05, 0) is 68.5 Å². The van der Waals surface area contributed by atoms with E-state index in [1.165, 1.54) is 23.1 Å². The van der Waals surface area contributed by atoms with Crippen LogP contribution in [0.25, 0.3) is 0 Å². The molecule has 2 heteroatoms. The van der Waals surface area contributed by atoms with Crippen LogP contribution in [-0.4, -0.2) is 20.2 Å². The van der Waals surface area contributed by atoms with Crippen molar-refractivity contribution >= 4 is 0 Å². The topological polar surface area (TPSA) is 21.3 Å². The minimum atomic E-state index is 0.731. The van der Waals surface area contributed by atoms with Gasteiger partial charge in [0.1, 0.15) is 5.75 Å². The highest BCUT2D eigenvalue weighted by atomic mass is 16.5. The summed E-state index contributed by atoms with van der Waals surface area (Å²) in [6, 6.07) is 4.41. The lowest BCUT2D eigenvalue weighted by molar-refractivity contribution is 0.411. The molecule has 0 unspecified atom stereocenters. The van der Waals surface area contributed by atoms with E-state index in [2.05, 4.69) is 45.1 Å². The van der Waals surface area contributed by atoms with Crippen LogP contribution in [0.1, 0.15) is 37.0 Å². The third-order valence-electron chi connectivity index (χ3n) is 3.21. The molecule has 0 atom stereocenters. The van der Waals surface area contributed by atoms with Crippen molar-refractivity contribution in [2.24, 2.45) is 5.92 Å². The molecule has 2 nitrogen and oxygen atoms in total.